The third-order valence-electron chi connectivity index (χ3n) is 5.64. The number of nitrogens with one attached hydrogen (secondary N) is 2. The van der Waals surface area contributed by atoms with Crippen LogP contribution in [0.1, 0.15) is 17.0 Å². The van der Waals surface area contributed by atoms with Crippen LogP contribution in [0.15, 0.2) is 65.5 Å². The second-order valence-electron chi connectivity index (χ2n) is 8.28. The van der Waals surface area contributed by atoms with E-state index in [1.54, 1.807) is 24.5 Å². The minimum Gasteiger partial charge on any atom is -0.440 e. The Morgan fingerprint density at radius 1 is 1.14 bits per heavy atom. The van der Waals surface area contributed by atoms with E-state index in [2.05, 4.69) is 30.3 Å². The number of aromatic nitrogens is 3. The number of oxazole rings is 1. The molecule has 0 spiro atoms. The number of benzene rings is 2. The number of halogens is 3. The zero-order valence-electron chi connectivity index (χ0n) is 19.5. The maximum Gasteiger partial charge on any atom is 0.573 e. The summed E-state index contributed by atoms with van der Waals surface area (Å²) in [5, 5.41) is 5.76. The van der Waals surface area contributed by atoms with Gasteiger partial charge in [-0.25, -0.2) is 19.7 Å². The number of hydrogen-bond acceptors (Lipinski definition) is 7. The van der Waals surface area contributed by atoms with Crippen LogP contribution in [0, 0.1) is 6.92 Å². The van der Waals surface area contributed by atoms with Crippen molar-refractivity contribution in [2.75, 3.05) is 23.3 Å². The molecule has 12 heteroatoms. The molecule has 2 N–H and O–H groups in total. The lowest BCUT2D eigenvalue weighted by molar-refractivity contribution is -0.274. The number of nitrogens with zero attached hydrogens (tertiary/aromatic N) is 4. The van der Waals surface area contributed by atoms with E-state index in [9.17, 15) is 18.0 Å². The van der Waals surface area contributed by atoms with Crippen LogP contribution in [-0.4, -0.2) is 40.4 Å². The van der Waals surface area contributed by atoms with E-state index in [1.165, 1.54) is 17.2 Å². The van der Waals surface area contributed by atoms with E-state index < -0.39 is 18.1 Å². The van der Waals surface area contributed by atoms with Gasteiger partial charge in [-0.2, -0.15) is 0 Å². The number of carbonyl (C=O) groups excluding carboxylic acids is 1. The lowest BCUT2D eigenvalue weighted by atomic mass is 10.0. The third-order valence-corrected chi connectivity index (χ3v) is 5.64. The topological polar surface area (TPSA) is 105 Å². The molecule has 2 amide bonds. The van der Waals surface area contributed by atoms with E-state index >= 15 is 0 Å². The van der Waals surface area contributed by atoms with E-state index in [-0.39, 0.29) is 11.4 Å². The normalized spacial score (nSPS) is 13.5. The second-order valence-corrected chi connectivity index (χ2v) is 8.28. The summed E-state index contributed by atoms with van der Waals surface area (Å²) in [5.74, 6) is 0.608. The standard InChI is InChI=1S/C25H21F3N6O3/c1-15-3-4-18(33-23-29-5-2-6-30-23)9-16(15)12-22-32-14-21(36-22)17-10-19(34-8-7-31-24(34)35)13-20(11-17)37-25(26,27)28/h2-6,9-11,13-14H,7-8,12H2,1H3,(H,31,35)(H,29,30,33). The van der Waals surface area contributed by atoms with Crippen LogP contribution in [-0.2, 0) is 6.42 Å². The molecule has 0 atom stereocenters. The maximum absolute atomic E-state index is 13.0. The van der Waals surface area contributed by atoms with Crippen molar-refractivity contribution in [2.24, 2.45) is 0 Å². The van der Waals surface area contributed by atoms with Gasteiger partial charge in [0.05, 0.1) is 6.20 Å². The lowest BCUT2D eigenvalue weighted by Crippen LogP contribution is -2.27. The van der Waals surface area contributed by atoms with Crippen molar-refractivity contribution in [3.8, 4) is 17.1 Å². The lowest BCUT2D eigenvalue weighted by Gasteiger charge is -2.17. The van der Waals surface area contributed by atoms with Crippen molar-refractivity contribution < 1.29 is 27.1 Å². The van der Waals surface area contributed by atoms with Crippen molar-refractivity contribution in [3.05, 3.63) is 78.1 Å². The monoisotopic (exact) mass is 510 g/mol. The molecule has 1 aliphatic rings. The molecule has 0 bridgehead atoms. The van der Waals surface area contributed by atoms with Crippen LogP contribution < -0.4 is 20.3 Å². The van der Waals surface area contributed by atoms with Crippen LogP contribution in [0.2, 0.25) is 0 Å². The molecule has 0 aliphatic carbocycles. The summed E-state index contributed by atoms with van der Waals surface area (Å²) in [6, 6.07) is 11.0. The number of hydrogen-bond donors (Lipinski definition) is 2. The number of amides is 2. The Hall–Kier alpha value is -4.61. The van der Waals surface area contributed by atoms with E-state index in [0.717, 1.165) is 22.9 Å². The predicted molar refractivity (Wildman–Crippen MR) is 129 cm³/mol. The minimum absolute atomic E-state index is 0.244. The zero-order chi connectivity index (χ0) is 26.0. The third kappa shape index (κ3) is 5.80. The molecule has 0 saturated carbocycles. The van der Waals surface area contributed by atoms with Crippen LogP contribution in [0.25, 0.3) is 11.3 Å². The van der Waals surface area contributed by atoms with Gasteiger partial charge in [-0.1, -0.05) is 6.07 Å². The number of rotatable bonds is 7. The average Bonchev–Trinajstić information content (AvgIpc) is 3.50. The van der Waals surface area contributed by atoms with Crippen LogP contribution in [0.3, 0.4) is 0 Å². The average molecular weight is 510 g/mol. The molecule has 4 aromatic rings. The summed E-state index contributed by atoms with van der Waals surface area (Å²) in [6.07, 6.45) is 0.156. The van der Waals surface area contributed by atoms with Gasteiger partial charge in [-0.05, 0) is 48.4 Å². The smallest absolute Gasteiger partial charge is 0.440 e. The molecule has 2 aromatic carbocycles. The Balaban J connectivity index is 1.41. The molecule has 1 saturated heterocycles. The van der Waals surface area contributed by atoms with Crippen molar-refractivity contribution in [2.45, 2.75) is 19.7 Å². The molecule has 190 valence electrons. The highest BCUT2D eigenvalue weighted by atomic mass is 19.4. The summed E-state index contributed by atoms with van der Waals surface area (Å²) in [6.45, 7) is 2.65. The molecule has 3 heterocycles. The number of anilines is 3. The highest BCUT2D eigenvalue weighted by molar-refractivity contribution is 5.95. The first kappa shape index (κ1) is 24.1. The van der Waals surface area contributed by atoms with E-state index in [4.69, 9.17) is 4.42 Å². The molecular weight excluding hydrogens is 489 g/mol. The van der Waals surface area contributed by atoms with Crippen molar-refractivity contribution in [1.82, 2.24) is 20.3 Å². The second kappa shape index (κ2) is 9.80. The first-order valence-electron chi connectivity index (χ1n) is 11.3. The van der Waals surface area contributed by atoms with Crippen molar-refractivity contribution in [1.29, 1.82) is 0 Å². The van der Waals surface area contributed by atoms with Gasteiger partial charge in [-0.3, -0.25) is 4.90 Å². The largest absolute Gasteiger partial charge is 0.573 e. The fourth-order valence-electron chi connectivity index (χ4n) is 3.91. The highest BCUT2D eigenvalue weighted by Gasteiger charge is 2.32. The molecule has 9 nitrogen and oxygen atoms in total. The van der Waals surface area contributed by atoms with E-state index in [0.29, 0.717) is 36.9 Å². The number of aryl methyl sites for hydroxylation is 1. The summed E-state index contributed by atoms with van der Waals surface area (Å²) < 4.78 is 48.9. The maximum atomic E-state index is 13.0. The van der Waals surface area contributed by atoms with Gasteiger partial charge in [0.15, 0.2) is 11.7 Å². The number of alkyl halides is 3. The Bertz CT molecular complexity index is 1420. The summed E-state index contributed by atoms with van der Waals surface area (Å²) >= 11 is 0. The fraction of sp³-hybridized carbons (Fsp3) is 0.200. The summed E-state index contributed by atoms with van der Waals surface area (Å²) in [5.41, 5.74) is 3.26. The van der Waals surface area contributed by atoms with Gasteiger partial charge in [0.25, 0.3) is 0 Å². The Labute approximate surface area is 209 Å². The zero-order valence-corrected chi connectivity index (χ0v) is 19.5. The van der Waals surface area contributed by atoms with Gasteiger partial charge in [0, 0.05) is 54.9 Å². The summed E-state index contributed by atoms with van der Waals surface area (Å²) in [4.78, 5) is 26.1. The van der Waals surface area contributed by atoms with Gasteiger partial charge in [-0.15, -0.1) is 13.2 Å². The van der Waals surface area contributed by atoms with Crippen molar-refractivity contribution >= 4 is 23.4 Å². The Morgan fingerprint density at radius 2 is 1.95 bits per heavy atom. The molecule has 37 heavy (non-hydrogen) atoms. The van der Waals surface area contributed by atoms with Gasteiger partial charge in [0.2, 0.25) is 5.95 Å². The van der Waals surface area contributed by atoms with Gasteiger partial charge < -0.3 is 19.8 Å². The molecule has 1 aliphatic heterocycles. The highest BCUT2D eigenvalue weighted by Crippen LogP contribution is 2.34. The van der Waals surface area contributed by atoms with E-state index in [1.807, 2.05) is 25.1 Å². The SMILES string of the molecule is Cc1ccc(Nc2ncccn2)cc1Cc1ncc(-c2cc(OC(F)(F)F)cc(N3CCNC3=O)c2)o1. The number of ether oxygens (including phenoxy) is 1. The molecule has 0 unspecified atom stereocenters. The first-order valence-corrected chi connectivity index (χ1v) is 11.3. The quantitative estimate of drug-likeness (QED) is 0.352. The Morgan fingerprint density at radius 3 is 2.68 bits per heavy atom. The summed E-state index contributed by atoms with van der Waals surface area (Å²) in [7, 11) is 0. The van der Waals surface area contributed by atoms with Gasteiger partial charge >= 0.3 is 12.4 Å². The fourth-order valence-corrected chi connectivity index (χ4v) is 3.91. The molecule has 1 fully saturated rings. The number of carbonyl (C=O) groups is 1. The van der Waals surface area contributed by atoms with Gasteiger partial charge in [0.1, 0.15) is 5.75 Å². The molecule has 2 aromatic heterocycles. The first-order chi connectivity index (χ1) is 17.7. The van der Waals surface area contributed by atoms with Crippen LogP contribution in [0.4, 0.5) is 35.3 Å². The molecule has 0 radical (unpaired) electrons. The molecule has 5 rings (SSSR count). The molecular formula is C25H21F3N6O3. The predicted octanol–water partition coefficient (Wildman–Crippen LogP) is 5.20. The number of urea groups is 1. The minimum atomic E-state index is -4.89. The van der Waals surface area contributed by atoms with Crippen LogP contribution >= 0.6 is 0 Å². The van der Waals surface area contributed by atoms with Crippen molar-refractivity contribution in [3.63, 3.8) is 0 Å². The Kier molecular flexibility index (Phi) is 6.38. The van der Waals surface area contributed by atoms with Crippen LogP contribution in [0.5, 0.6) is 5.75 Å².